The first-order valence-corrected chi connectivity index (χ1v) is 12.2. The van der Waals surface area contributed by atoms with Crippen LogP contribution in [0.5, 0.6) is 0 Å². The number of alkyl halides is 3. The van der Waals surface area contributed by atoms with Gasteiger partial charge in [-0.25, -0.2) is 4.79 Å². The summed E-state index contributed by atoms with van der Waals surface area (Å²) in [5.41, 5.74) is 1.81. The van der Waals surface area contributed by atoms with Crippen molar-refractivity contribution in [2.75, 3.05) is 36.0 Å². The number of carboxylic acids is 1. The summed E-state index contributed by atoms with van der Waals surface area (Å²) in [5.74, 6) is -1.39. The highest BCUT2D eigenvalue weighted by atomic mass is 19.4. The number of anilines is 2. The molecule has 2 aliphatic heterocycles. The van der Waals surface area contributed by atoms with Crippen molar-refractivity contribution in [2.45, 2.75) is 37.9 Å². The number of hydrogen-bond acceptors (Lipinski definition) is 3. The second-order valence-electron chi connectivity index (χ2n) is 9.72. The molecule has 36 heavy (non-hydrogen) atoms. The largest absolute Gasteiger partial charge is 0.481 e. The quantitative estimate of drug-likeness (QED) is 0.534. The Morgan fingerprint density at radius 2 is 1.67 bits per heavy atom. The number of allylic oxidation sites excluding steroid dienone is 2. The van der Waals surface area contributed by atoms with E-state index in [2.05, 4.69) is 4.90 Å². The predicted octanol–water partition coefficient (Wildman–Crippen LogP) is 5.49. The average molecular weight is 500 g/mol. The molecule has 1 aliphatic carbocycles. The fourth-order valence-electron chi connectivity index (χ4n) is 5.27. The molecule has 0 radical (unpaired) electrons. The lowest BCUT2D eigenvalue weighted by Crippen LogP contribution is -2.49. The first-order chi connectivity index (χ1) is 17.2. The number of likely N-dealkylation sites (tertiary alicyclic amines) is 1. The van der Waals surface area contributed by atoms with Gasteiger partial charge in [-0.05, 0) is 60.7 Å². The van der Waals surface area contributed by atoms with Crippen LogP contribution < -0.4 is 9.80 Å². The Balaban J connectivity index is 1.30. The van der Waals surface area contributed by atoms with Crippen LogP contribution in [0.4, 0.5) is 29.3 Å². The second kappa shape index (κ2) is 9.61. The van der Waals surface area contributed by atoms with E-state index in [9.17, 15) is 22.8 Å². The summed E-state index contributed by atoms with van der Waals surface area (Å²) in [7, 11) is 0. The lowest BCUT2D eigenvalue weighted by molar-refractivity contribution is -0.147. The zero-order valence-corrected chi connectivity index (χ0v) is 19.7. The first-order valence-electron chi connectivity index (χ1n) is 12.2. The summed E-state index contributed by atoms with van der Waals surface area (Å²) in [6.45, 7) is 2.53. The van der Waals surface area contributed by atoms with Crippen LogP contribution in [0.25, 0.3) is 0 Å². The van der Waals surface area contributed by atoms with Crippen LogP contribution in [-0.2, 0) is 17.5 Å². The number of halogens is 3. The SMILES string of the molecule is O=C(O)C1CN(Cc2ccc(N3CCN(c4ccc(C(F)(F)F)c(C5C=CCCC5)c4)C3=O)cc2)C1. The summed E-state index contributed by atoms with van der Waals surface area (Å²) in [4.78, 5) is 29.4. The normalized spacial score (nSPS) is 21.2. The zero-order chi connectivity index (χ0) is 25.4. The summed E-state index contributed by atoms with van der Waals surface area (Å²) < 4.78 is 41.2. The highest BCUT2D eigenvalue weighted by molar-refractivity contribution is 6.06. The van der Waals surface area contributed by atoms with Gasteiger partial charge in [0.1, 0.15) is 0 Å². The molecule has 2 fully saturated rings. The highest BCUT2D eigenvalue weighted by Crippen LogP contribution is 2.41. The highest BCUT2D eigenvalue weighted by Gasteiger charge is 2.37. The van der Waals surface area contributed by atoms with Crippen LogP contribution in [0.1, 0.15) is 41.9 Å². The van der Waals surface area contributed by atoms with Crippen molar-refractivity contribution in [3.05, 3.63) is 71.3 Å². The van der Waals surface area contributed by atoms with E-state index in [1.807, 2.05) is 36.4 Å². The number of aliphatic carboxylic acids is 1. The number of rotatable bonds is 6. The van der Waals surface area contributed by atoms with Crippen LogP contribution in [0, 0.1) is 5.92 Å². The van der Waals surface area contributed by atoms with Crippen molar-refractivity contribution in [3.8, 4) is 0 Å². The molecule has 0 spiro atoms. The van der Waals surface area contributed by atoms with Gasteiger partial charge in [-0.1, -0.05) is 24.3 Å². The summed E-state index contributed by atoms with van der Waals surface area (Å²) in [6, 6.07) is 11.3. The molecule has 3 aliphatic rings. The minimum atomic E-state index is -4.45. The molecule has 2 heterocycles. The summed E-state index contributed by atoms with van der Waals surface area (Å²) >= 11 is 0. The number of carboxylic acid groups (broad SMARTS) is 1. The Bertz CT molecular complexity index is 1170. The number of carbonyl (C=O) groups is 2. The molecule has 5 rings (SSSR count). The maximum absolute atomic E-state index is 13.7. The maximum Gasteiger partial charge on any atom is 0.416 e. The molecule has 0 saturated carbocycles. The maximum atomic E-state index is 13.7. The molecule has 1 atom stereocenters. The minimum Gasteiger partial charge on any atom is -0.481 e. The average Bonchev–Trinajstić information content (AvgIpc) is 3.22. The van der Waals surface area contributed by atoms with E-state index in [0.29, 0.717) is 44.8 Å². The van der Waals surface area contributed by atoms with Crippen LogP contribution in [0.2, 0.25) is 0 Å². The van der Waals surface area contributed by atoms with Crippen LogP contribution in [-0.4, -0.2) is 48.2 Å². The van der Waals surface area contributed by atoms with Crippen LogP contribution in [0.3, 0.4) is 0 Å². The van der Waals surface area contributed by atoms with Crippen LogP contribution >= 0.6 is 0 Å². The number of urea groups is 1. The fourth-order valence-corrected chi connectivity index (χ4v) is 5.27. The molecule has 0 bridgehead atoms. The molecule has 2 aromatic carbocycles. The molecule has 1 N–H and O–H groups in total. The fraction of sp³-hybridized carbons (Fsp3) is 0.407. The molecular weight excluding hydrogens is 471 g/mol. The van der Waals surface area contributed by atoms with Gasteiger partial charge in [0.05, 0.1) is 11.5 Å². The Hall–Kier alpha value is -3.33. The van der Waals surface area contributed by atoms with Crippen molar-refractivity contribution >= 4 is 23.4 Å². The standard InChI is InChI=1S/C27H28F3N3O3/c28-27(29,30)24-11-10-22(14-23(24)19-4-2-1-3-5-19)33-13-12-32(26(33)36)21-8-6-18(7-9-21)15-31-16-20(17-31)25(34)35/h2,4,6-11,14,19-20H,1,3,5,12-13,15-17H2,(H,34,35). The topological polar surface area (TPSA) is 64.1 Å². The second-order valence-corrected chi connectivity index (χ2v) is 9.72. The van der Waals surface area contributed by atoms with Gasteiger partial charge in [0.25, 0.3) is 0 Å². The molecule has 2 amide bonds. The lowest BCUT2D eigenvalue weighted by Gasteiger charge is -2.36. The summed E-state index contributed by atoms with van der Waals surface area (Å²) in [6.07, 6.45) is 1.69. The molecule has 2 saturated heterocycles. The lowest BCUT2D eigenvalue weighted by atomic mass is 9.86. The van der Waals surface area contributed by atoms with Gasteiger partial charge in [0.2, 0.25) is 0 Å². The Morgan fingerprint density at radius 3 is 2.28 bits per heavy atom. The van der Waals surface area contributed by atoms with Crippen molar-refractivity contribution in [2.24, 2.45) is 5.92 Å². The van der Waals surface area contributed by atoms with Gasteiger partial charge < -0.3 is 5.11 Å². The Labute approximate surface area is 207 Å². The molecule has 1 unspecified atom stereocenters. The van der Waals surface area contributed by atoms with E-state index < -0.39 is 17.7 Å². The number of carbonyl (C=O) groups excluding carboxylic acids is 1. The van der Waals surface area contributed by atoms with E-state index in [1.54, 1.807) is 4.90 Å². The smallest absolute Gasteiger partial charge is 0.416 e. The van der Waals surface area contributed by atoms with Gasteiger partial charge in [0, 0.05) is 50.0 Å². The third kappa shape index (κ3) is 4.84. The minimum absolute atomic E-state index is 0.225. The van der Waals surface area contributed by atoms with E-state index in [0.717, 1.165) is 30.2 Å². The molecule has 190 valence electrons. The van der Waals surface area contributed by atoms with Crippen molar-refractivity contribution in [1.82, 2.24) is 4.90 Å². The number of hydrogen-bond donors (Lipinski definition) is 1. The number of benzene rings is 2. The van der Waals surface area contributed by atoms with Crippen LogP contribution in [0.15, 0.2) is 54.6 Å². The third-order valence-corrected chi connectivity index (χ3v) is 7.28. The van der Waals surface area contributed by atoms with Crippen molar-refractivity contribution in [3.63, 3.8) is 0 Å². The number of amides is 2. The van der Waals surface area contributed by atoms with Gasteiger partial charge in [0.15, 0.2) is 0 Å². The Kier molecular flexibility index (Phi) is 6.51. The first kappa shape index (κ1) is 24.4. The molecule has 2 aromatic rings. The Morgan fingerprint density at radius 1 is 1.00 bits per heavy atom. The van der Waals surface area contributed by atoms with Gasteiger partial charge >= 0.3 is 18.2 Å². The zero-order valence-electron chi connectivity index (χ0n) is 19.7. The molecule has 0 aromatic heterocycles. The van der Waals surface area contributed by atoms with Gasteiger partial charge in [-0.2, -0.15) is 13.2 Å². The molecule has 9 heteroatoms. The predicted molar refractivity (Wildman–Crippen MR) is 130 cm³/mol. The van der Waals surface area contributed by atoms with Crippen molar-refractivity contribution in [1.29, 1.82) is 0 Å². The van der Waals surface area contributed by atoms with Crippen molar-refractivity contribution < 1.29 is 27.9 Å². The van der Waals surface area contributed by atoms with E-state index >= 15 is 0 Å². The van der Waals surface area contributed by atoms with E-state index in [-0.39, 0.29) is 23.4 Å². The van der Waals surface area contributed by atoms with E-state index in [4.69, 9.17) is 5.11 Å². The molecule has 6 nitrogen and oxygen atoms in total. The summed E-state index contributed by atoms with van der Waals surface area (Å²) in [5, 5.41) is 9.01. The monoisotopic (exact) mass is 499 g/mol. The van der Waals surface area contributed by atoms with Gasteiger partial charge in [-0.3, -0.25) is 19.5 Å². The number of nitrogens with zero attached hydrogens (tertiary/aromatic N) is 3. The molecular formula is C27H28F3N3O3. The van der Waals surface area contributed by atoms with Gasteiger partial charge in [-0.15, -0.1) is 0 Å². The third-order valence-electron chi connectivity index (χ3n) is 7.28. The van der Waals surface area contributed by atoms with E-state index in [1.165, 1.54) is 17.0 Å².